The van der Waals surface area contributed by atoms with Gasteiger partial charge in [0, 0.05) is 10.0 Å². The Morgan fingerprint density at radius 2 is 1.93 bits per heavy atom. The first-order valence-electron chi connectivity index (χ1n) is 3.42. The lowest BCUT2D eigenvalue weighted by molar-refractivity contribution is -0.166. The molecule has 76 valence electrons. The van der Waals surface area contributed by atoms with Crippen molar-refractivity contribution in [3.8, 4) is 0 Å². The minimum absolute atomic E-state index is 0.0634. The number of alkyl halides is 2. The predicted octanol–water partition coefficient (Wildman–Crippen LogP) is 2.76. The standard InChI is InChI=1S/C8H4BrF3O2/c9-5-1-4(2-6(10)3-5)8(11,12)7(13)14/h1-3H,(H,13,14). The van der Waals surface area contributed by atoms with Crippen molar-refractivity contribution in [2.45, 2.75) is 5.92 Å². The van der Waals surface area contributed by atoms with E-state index in [-0.39, 0.29) is 4.47 Å². The fraction of sp³-hybridized carbons (Fsp3) is 0.125. The second-order valence-corrected chi connectivity index (χ2v) is 3.45. The number of hydrogen-bond donors (Lipinski definition) is 1. The van der Waals surface area contributed by atoms with Crippen LogP contribution in [-0.4, -0.2) is 11.1 Å². The van der Waals surface area contributed by atoms with Gasteiger partial charge in [-0.1, -0.05) is 15.9 Å². The van der Waals surface area contributed by atoms with Gasteiger partial charge in [0.15, 0.2) is 0 Å². The Morgan fingerprint density at radius 1 is 1.36 bits per heavy atom. The second kappa shape index (κ2) is 3.61. The summed E-state index contributed by atoms with van der Waals surface area (Å²) in [6, 6.07) is 2.30. The molecule has 0 aliphatic heterocycles. The fourth-order valence-corrected chi connectivity index (χ4v) is 1.32. The summed E-state index contributed by atoms with van der Waals surface area (Å²) >= 11 is 2.79. The first-order valence-corrected chi connectivity index (χ1v) is 4.21. The number of carbonyl (C=O) groups is 1. The highest BCUT2D eigenvalue weighted by atomic mass is 79.9. The highest BCUT2D eigenvalue weighted by Gasteiger charge is 2.41. The van der Waals surface area contributed by atoms with Crippen LogP contribution in [0.5, 0.6) is 0 Å². The summed E-state index contributed by atoms with van der Waals surface area (Å²) in [5.74, 6) is -7.31. The lowest BCUT2D eigenvalue weighted by Crippen LogP contribution is -2.25. The molecular weight excluding hydrogens is 265 g/mol. The summed E-state index contributed by atoms with van der Waals surface area (Å²) in [5, 5.41) is 8.19. The van der Waals surface area contributed by atoms with E-state index in [1.165, 1.54) is 0 Å². The highest BCUT2D eigenvalue weighted by molar-refractivity contribution is 9.10. The van der Waals surface area contributed by atoms with Crippen LogP contribution in [0.4, 0.5) is 13.2 Å². The molecular formula is C8H4BrF3O2. The Hall–Kier alpha value is -1.04. The molecule has 0 aliphatic carbocycles. The molecule has 6 heteroatoms. The maximum absolute atomic E-state index is 12.9. The van der Waals surface area contributed by atoms with Crippen LogP contribution in [0.1, 0.15) is 5.56 Å². The summed E-state index contributed by atoms with van der Waals surface area (Å²) in [4.78, 5) is 10.2. The summed E-state index contributed by atoms with van der Waals surface area (Å²) in [7, 11) is 0. The number of carboxylic acid groups (broad SMARTS) is 1. The molecule has 0 radical (unpaired) electrons. The van der Waals surface area contributed by atoms with Gasteiger partial charge in [-0.2, -0.15) is 8.78 Å². The molecule has 1 N–H and O–H groups in total. The molecule has 0 fully saturated rings. The monoisotopic (exact) mass is 268 g/mol. The van der Waals surface area contributed by atoms with Gasteiger partial charge in [0.25, 0.3) is 0 Å². The summed E-state index contributed by atoms with van der Waals surface area (Å²) in [6.45, 7) is 0. The Kier molecular flexibility index (Phi) is 2.84. The Balaban J connectivity index is 3.25. The Morgan fingerprint density at radius 3 is 2.36 bits per heavy atom. The molecule has 0 aromatic heterocycles. The molecule has 1 rings (SSSR count). The number of benzene rings is 1. The third-order valence-corrected chi connectivity index (χ3v) is 1.95. The first kappa shape index (κ1) is 11.0. The summed E-state index contributed by atoms with van der Waals surface area (Å²) < 4.78 is 38.4. The maximum Gasteiger partial charge on any atom is 0.379 e. The smallest absolute Gasteiger partial charge is 0.379 e. The van der Waals surface area contributed by atoms with Crippen molar-refractivity contribution in [3.05, 3.63) is 34.1 Å². The van der Waals surface area contributed by atoms with Crippen LogP contribution < -0.4 is 0 Å². The molecule has 0 unspecified atom stereocenters. The summed E-state index contributed by atoms with van der Waals surface area (Å²) in [5.41, 5.74) is -0.892. The molecule has 0 amide bonds. The average molecular weight is 269 g/mol. The zero-order chi connectivity index (χ0) is 10.9. The van der Waals surface area contributed by atoms with Gasteiger partial charge in [0.1, 0.15) is 5.82 Å². The topological polar surface area (TPSA) is 37.3 Å². The molecule has 1 aromatic rings. The van der Waals surface area contributed by atoms with Gasteiger partial charge in [0.05, 0.1) is 0 Å². The second-order valence-electron chi connectivity index (χ2n) is 2.54. The molecule has 0 saturated heterocycles. The average Bonchev–Trinajstić information content (AvgIpc) is 2.01. The molecule has 14 heavy (non-hydrogen) atoms. The number of aliphatic carboxylic acids is 1. The number of carboxylic acids is 1. The molecule has 0 spiro atoms. The normalized spacial score (nSPS) is 11.4. The fourth-order valence-electron chi connectivity index (χ4n) is 0.859. The van der Waals surface area contributed by atoms with E-state index in [1.54, 1.807) is 0 Å². The first-order chi connectivity index (χ1) is 6.34. The van der Waals surface area contributed by atoms with Crippen LogP contribution in [0.25, 0.3) is 0 Å². The van der Waals surface area contributed by atoms with Gasteiger partial charge < -0.3 is 5.11 Å². The van der Waals surface area contributed by atoms with Crippen LogP contribution in [-0.2, 0) is 10.7 Å². The van der Waals surface area contributed by atoms with E-state index >= 15 is 0 Å². The summed E-state index contributed by atoms with van der Waals surface area (Å²) in [6.07, 6.45) is 0. The molecule has 0 saturated carbocycles. The van der Waals surface area contributed by atoms with Gasteiger partial charge in [-0.25, -0.2) is 9.18 Å². The van der Waals surface area contributed by atoms with Crippen LogP contribution in [0.15, 0.2) is 22.7 Å². The van der Waals surface area contributed by atoms with E-state index in [4.69, 9.17) is 5.11 Å². The van der Waals surface area contributed by atoms with Crippen LogP contribution in [0.2, 0.25) is 0 Å². The van der Waals surface area contributed by atoms with Crippen molar-refractivity contribution < 1.29 is 23.1 Å². The Bertz CT molecular complexity index is 359. The number of rotatable bonds is 2. The van der Waals surface area contributed by atoms with E-state index in [0.29, 0.717) is 6.07 Å². The molecule has 0 aliphatic rings. The number of halogens is 4. The van der Waals surface area contributed by atoms with E-state index in [0.717, 1.165) is 12.1 Å². The van der Waals surface area contributed by atoms with Gasteiger partial charge in [-0.15, -0.1) is 0 Å². The van der Waals surface area contributed by atoms with E-state index < -0.39 is 23.3 Å². The minimum atomic E-state index is -4.08. The van der Waals surface area contributed by atoms with Crippen LogP contribution in [0, 0.1) is 5.82 Å². The van der Waals surface area contributed by atoms with Gasteiger partial charge in [-0.05, 0) is 18.2 Å². The van der Waals surface area contributed by atoms with Crippen molar-refractivity contribution in [1.29, 1.82) is 0 Å². The van der Waals surface area contributed by atoms with E-state index in [2.05, 4.69) is 15.9 Å². The molecule has 0 bridgehead atoms. The third kappa shape index (κ3) is 2.06. The Labute approximate surface area is 85.5 Å². The van der Waals surface area contributed by atoms with Crippen molar-refractivity contribution in [3.63, 3.8) is 0 Å². The zero-order valence-corrected chi connectivity index (χ0v) is 8.19. The zero-order valence-electron chi connectivity index (χ0n) is 6.60. The highest BCUT2D eigenvalue weighted by Crippen LogP contribution is 2.30. The largest absolute Gasteiger partial charge is 0.477 e. The van der Waals surface area contributed by atoms with Gasteiger partial charge in [0.2, 0.25) is 0 Å². The van der Waals surface area contributed by atoms with E-state index in [9.17, 15) is 18.0 Å². The quantitative estimate of drug-likeness (QED) is 0.896. The van der Waals surface area contributed by atoms with Crippen molar-refractivity contribution in [2.75, 3.05) is 0 Å². The van der Waals surface area contributed by atoms with Gasteiger partial charge in [-0.3, -0.25) is 0 Å². The lowest BCUT2D eigenvalue weighted by atomic mass is 10.1. The van der Waals surface area contributed by atoms with Crippen molar-refractivity contribution in [2.24, 2.45) is 0 Å². The van der Waals surface area contributed by atoms with Crippen molar-refractivity contribution >= 4 is 21.9 Å². The lowest BCUT2D eigenvalue weighted by Gasteiger charge is -2.11. The molecule has 0 atom stereocenters. The van der Waals surface area contributed by atoms with Crippen LogP contribution in [0.3, 0.4) is 0 Å². The SMILES string of the molecule is O=C(O)C(F)(F)c1cc(F)cc(Br)c1. The molecule has 0 heterocycles. The van der Waals surface area contributed by atoms with E-state index in [1.807, 2.05) is 0 Å². The third-order valence-electron chi connectivity index (χ3n) is 1.49. The predicted molar refractivity (Wildman–Crippen MR) is 45.6 cm³/mol. The minimum Gasteiger partial charge on any atom is -0.477 e. The molecule has 2 nitrogen and oxygen atoms in total. The number of hydrogen-bond acceptors (Lipinski definition) is 1. The molecule has 1 aromatic carbocycles. The maximum atomic E-state index is 12.9. The van der Waals surface area contributed by atoms with Crippen LogP contribution >= 0.6 is 15.9 Å². The van der Waals surface area contributed by atoms with Gasteiger partial charge >= 0.3 is 11.9 Å². The van der Waals surface area contributed by atoms with Crippen molar-refractivity contribution in [1.82, 2.24) is 0 Å².